The minimum Gasteiger partial charge on any atom is -0.297 e. The summed E-state index contributed by atoms with van der Waals surface area (Å²) in [6.07, 6.45) is 5.38. The molecule has 1 N–H and O–H groups in total. The van der Waals surface area contributed by atoms with Gasteiger partial charge < -0.3 is 0 Å². The number of hydrogen-bond donors (Lipinski definition) is 1. The number of nitrogens with one attached hydrogen (secondary N) is 1. The van der Waals surface area contributed by atoms with Crippen molar-refractivity contribution < 1.29 is 8.42 Å². The normalized spacial score (nSPS) is 19.6. The van der Waals surface area contributed by atoms with Crippen LogP contribution in [0.4, 0.5) is 0 Å². The molecule has 1 saturated heterocycles. The lowest BCUT2D eigenvalue weighted by Crippen LogP contribution is -2.21. The number of pyridine rings is 1. The minimum absolute atomic E-state index is 0.177. The van der Waals surface area contributed by atoms with E-state index < -0.39 is 9.84 Å². The second-order valence-electron chi connectivity index (χ2n) is 5.91. The molecule has 0 aliphatic carbocycles. The number of aromatic amines is 1. The largest absolute Gasteiger partial charge is 0.297 e. The van der Waals surface area contributed by atoms with Crippen LogP contribution in [0.5, 0.6) is 0 Å². The molecule has 0 spiro atoms. The Labute approximate surface area is 130 Å². The molecule has 118 valence electrons. The Morgan fingerprint density at radius 3 is 3.00 bits per heavy atom. The predicted octanol–water partition coefficient (Wildman–Crippen LogP) is 1.51. The van der Waals surface area contributed by atoms with Gasteiger partial charge >= 0.3 is 0 Å². The van der Waals surface area contributed by atoms with Gasteiger partial charge in [0.25, 0.3) is 0 Å². The zero-order chi connectivity index (χ0) is 15.7. The molecule has 2 aromatic heterocycles. The van der Waals surface area contributed by atoms with Gasteiger partial charge in [-0.25, -0.2) is 8.42 Å². The molecule has 0 amide bonds. The van der Waals surface area contributed by atoms with Gasteiger partial charge in [-0.05, 0) is 31.5 Å². The van der Waals surface area contributed by atoms with Crippen LogP contribution in [0, 0.1) is 6.92 Å². The van der Waals surface area contributed by atoms with Crippen molar-refractivity contribution >= 4 is 9.84 Å². The number of sulfone groups is 1. The summed E-state index contributed by atoms with van der Waals surface area (Å²) in [5, 5.41) is 6.80. The number of likely N-dealkylation sites (tertiary alicyclic amines) is 1. The van der Waals surface area contributed by atoms with Gasteiger partial charge in [0, 0.05) is 31.5 Å². The lowest BCUT2D eigenvalue weighted by atomic mass is 10.1. The second-order valence-corrected chi connectivity index (χ2v) is 7.89. The number of H-pyrrole nitrogens is 1. The molecule has 3 heterocycles. The molecule has 0 radical (unpaired) electrons. The first-order chi connectivity index (χ1) is 10.4. The van der Waals surface area contributed by atoms with Crippen LogP contribution < -0.4 is 0 Å². The van der Waals surface area contributed by atoms with E-state index in [1.54, 1.807) is 0 Å². The van der Waals surface area contributed by atoms with Gasteiger partial charge in [-0.3, -0.25) is 15.0 Å². The van der Waals surface area contributed by atoms with E-state index in [2.05, 4.69) is 33.1 Å². The molecule has 3 rings (SSSR count). The first-order valence-electron chi connectivity index (χ1n) is 7.31. The zero-order valence-electron chi connectivity index (χ0n) is 12.8. The molecule has 0 bridgehead atoms. The van der Waals surface area contributed by atoms with Crippen molar-refractivity contribution in [1.29, 1.82) is 0 Å². The molecule has 22 heavy (non-hydrogen) atoms. The Morgan fingerprint density at radius 2 is 2.27 bits per heavy atom. The number of rotatable bonds is 4. The van der Waals surface area contributed by atoms with Gasteiger partial charge in [-0.15, -0.1) is 0 Å². The van der Waals surface area contributed by atoms with Crippen LogP contribution in [0.25, 0.3) is 0 Å². The van der Waals surface area contributed by atoms with Crippen LogP contribution in [0.3, 0.4) is 0 Å². The van der Waals surface area contributed by atoms with E-state index in [0.717, 1.165) is 37.4 Å². The lowest BCUT2D eigenvalue weighted by Gasteiger charge is -2.16. The fourth-order valence-corrected chi connectivity index (χ4v) is 3.84. The highest BCUT2D eigenvalue weighted by Gasteiger charge is 2.29. The van der Waals surface area contributed by atoms with Crippen molar-refractivity contribution in [1.82, 2.24) is 20.1 Å². The smallest absolute Gasteiger partial charge is 0.178 e. The predicted molar refractivity (Wildman–Crippen MR) is 83.3 cm³/mol. The van der Waals surface area contributed by atoms with Crippen LogP contribution in [0.2, 0.25) is 0 Å². The van der Waals surface area contributed by atoms with E-state index in [4.69, 9.17) is 0 Å². The van der Waals surface area contributed by atoms with Crippen LogP contribution in [-0.4, -0.2) is 47.8 Å². The van der Waals surface area contributed by atoms with Gasteiger partial charge in [-0.1, -0.05) is 6.07 Å². The fourth-order valence-electron chi connectivity index (χ4n) is 2.98. The third-order valence-corrected chi connectivity index (χ3v) is 5.33. The summed E-state index contributed by atoms with van der Waals surface area (Å²) in [6, 6.07) is 4.00. The highest BCUT2D eigenvalue weighted by atomic mass is 32.2. The Kier molecular flexibility index (Phi) is 4.01. The van der Waals surface area contributed by atoms with Crippen molar-refractivity contribution in [3.63, 3.8) is 0 Å². The van der Waals surface area contributed by atoms with Gasteiger partial charge in [0.05, 0.1) is 17.6 Å². The molecule has 0 saturated carbocycles. The first kappa shape index (κ1) is 15.2. The van der Waals surface area contributed by atoms with E-state index in [1.165, 1.54) is 18.0 Å². The van der Waals surface area contributed by atoms with Gasteiger partial charge in [0.2, 0.25) is 0 Å². The molecule has 1 fully saturated rings. The minimum atomic E-state index is -3.24. The van der Waals surface area contributed by atoms with E-state index in [0.29, 0.717) is 4.90 Å². The van der Waals surface area contributed by atoms with Crippen molar-refractivity contribution in [2.24, 2.45) is 0 Å². The second kappa shape index (κ2) is 5.81. The van der Waals surface area contributed by atoms with Gasteiger partial charge in [0.15, 0.2) is 9.84 Å². The maximum Gasteiger partial charge on any atom is 0.178 e. The van der Waals surface area contributed by atoms with Crippen LogP contribution in [-0.2, 0) is 16.4 Å². The van der Waals surface area contributed by atoms with Crippen molar-refractivity contribution in [3.05, 3.63) is 41.5 Å². The summed E-state index contributed by atoms with van der Waals surface area (Å²) in [4.78, 5) is 7.07. The molecule has 1 aliphatic rings. The molecule has 0 aromatic carbocycles. The number of hydrogen-bond acceptors (Lipinski definition) is 5. The number of aromatic nitrogens is 3. The average molecular weight is 320 g/mol. The standard InChI is InChI=1S/C15H20N4O2S/c1-11-4-3-6-16-13(11)10-19-7-5-12(9-19)15-14(8-17-18-15)22(2,20)21/h3-4,6,8,12H,5,7,9-10H2,1-2H3,(H,17,18)/t12-/m0/s1. The van der Waals surface area contributed by atoms with E-state index in [-0.39, 0.29) is 5.92 Å². The number of aryl methyl sites for hydroxylation is 1. The monoisotopic (exact) mass is 320 g/mol. The summed E-state index contributed by atoms with van der Waals surface area (Å²) in [7, 11) is -3.24. The summed E-state index contributed by atoms with van der Waals surface area (Å²) in [5.74, 6) is 0.177. The third kappa shape index (κ3) is 3.05. The molecule has 1 aliphatic heterocycles. The first-order valence-corrected chi connectivity index (χ1v) is 9.20. The molecule has 2 aromatic rings. The summed E-state index contributed by atoms with van der Waals surface area (Å²) in [5.41, 5.74) is 3.00. The molecular formula is C15H20N4O2S. The summed E-state index contributed by atoms with van der Waals surface area (Å²) < 4.78 is 23.6. The summed E-state index contributed by atoms with van der Waals surface area (Å²) in [6.45, 7) is 4.61. The van der Waals surface area contributed by atoms with Gasteiger partial charge in [0.1, 0.15) is 4.90 Å². The Bertz CT molecular complexity index is 769. The quantitative estimate of drug-likeness (QED) is 0.923. The van der Waals surface area contributed by atoms with Gasteiger partial charge in [-0.2, -0.15) is 5.10 Å². The van der Waals surface area contributed by atoms with Crippen molar-refractivity contribution in [2.75, 3.05) is 19.3 Å². The highest BCUT2D eigenvalue weighted by molar-refractivity contribution is 7.90. The zero-order valence-corrected chi connectivity index (χ0v) is 13.6. The Balaban J connectivity index is 1.74. The lowest BCUT2D eigenvalue weighted by molar-refractivity contribution is 0.321. The van der Waals surface area contributed by atoms with Crippen LogP contribution >= 0.6 is 0 Å². The number of nitrogens with zero attached hydrogens (tertiary/aromatic N) is 3. The fraction of sp³-hybridized carbons (Fsp3) is 0.467. The maximum absolute atomic E-state index is 11.8. The van der Waals surface area contributed by atoms with E-state index in [1.807, 2.05) is 12.3 Å². The summed E-state index contributed by atoms with van der Waals surface area (Å²) >= 11 is 0. The van der Waals surface area contributed by atoms with Crippen molar-refractivity contribution in [3.8, 4) is 0 Å². The van der Waals surface area contributed by atoms with Crippen LogP contribution in [0.15, 0.2) is 29.4 Å². The van der Waals surface area contributed by atoms with E-state index >= 15 is 0 Å². The molecule has 6 nitrogen and oxygen atoms in total. The van der Waals surface area contributed by atoms with Crippen LogP contribution in [0.1, 0.15) is 29.3 Å². The molecule has 7 heteroatoms. The maximum atomic E-state index is 11.8. The SMILES string of the molecule is Cc1cccnc1CN1CC[C@H](c2[nH]ncc2S(C)(=O)=O)C1. The van der Waals surface area contributed by atoms with Crippen molar-refractivity contribution in [2.45, 2.75) is 30.7 Å². The average Bonchev–Trinajstić information content (AvgIpc) is 3.09. The molecular weight excluding hydrogens is 300 g/mol. The van der Waals surface area contributed by atoms with E-state index in [9.17, 15) is 8.42 Å². The third-order valence-electron chi connectivity index (χ3n) is 4.20. The highest BCUT2D eigenvalue weighted by Crippen LogP contribution is 2.30. The Morgan fingerprint density at radius 1 is 1.45 bits per heavy atom. The molecule has 0 unspecified atom stereocenters. The molecule has 1 atom stereocenters. The topological polar surface area (TPSA) is 79.0 Å². The Hall–Kier alpha value is -1.73.